The first-order valence-corrected chi connectivity index (χ1v) is 10.4. The Morgan fingerprint density at radius 1 is 1.09 bits per heavy atom. The van der Waals surface area contributed by atoms with Gasteiger partial charge in [-0.2, -0.15) is 13.2 Å². The Morgan fingerprint density at radius 2 is 1.79 bits per heavy atom. The van der Waals surface area contributed by atoms with Crippen LogP contribution >= 0.6 is 0 Å². The van der Waals surface area contributed by atoms with Gasteiger partial charge in [-0.15, -0.1) is 0 Å². The molecule has 2 atom stereocenters. The van der Waals surface area contributed by atoms with Crippen molar-refractivity contribution >= 4 is 17.9 Å². The van der Waals surface area contributed by atoms with Crippen LogP contribution in [0.15, 0.2) is 54.6 Å². The number of carbonyl (C=O) groups excluding carboxylic acids is 3. The minimum atomic E-state index is -4.54. The third-order valence-corrected chi connectivity index (χ3v) is 5.35. The van der Waals surface area contributed by atoms with Crippen molar-refractivity contribution in [3.63, 3.8) is 0 Å². The van der Waals surface area contributed by atoms with Crippen molar-refractivity contribution in [2.24, 2.45) is 5.73 Å². The van der Waals surface area contributed by atoms with Gasteiger partial charge in [0.1, 0.15) is 18.7 Å². The van der Waals surface area contributed by atoms with Gasteiger partial charge in [-0.25, -0.2) is 4.79 Å². The molecule has 1 aliphatic heterocycles. The average Bonchev–Trinajstić information content (AvgIpc) is 3.27. The number of alkyl halides is 3. The largest absolute Gasteiger partial charge is 0.445 e. The molecule has 0 bridgehead atoms. The molecule has 2 aromatic carbocycles. The molecule has 3 rings (SSSR count). The number of amides is 3. The first-order chi connectivity index (χ1) is 15.6. The quantitative estimate of drug-likeness (QED) is 0.659. The van der Waals surface area contributed by atoms with Crippen LogP contribution in [-0.4, -0.2) is 41.4 Å². The normalized spacial score (nSPS) is 16.8. The highest BCUT2D eigenvalue weighted by Gasteiger charge is 2.37. The maximum absolute atomic E-state index is 13.0. The fourth-order valence-electron chi connectivity index (χ4n) is 3.66. The van der Waals surface area contributed by atoms with Crippen molar-refractivity contribution in [1.82, 2.24) is 10.2 Å². The Balaban J connectivity index is 1.63. The lowest BCUT2D eigenvalue weighted by Gasteiger charge is -2.25. The molecule has 10 heteroatoms. The molecule has 0 unspecified atom stereocenters. The first kappa shape index (κ1) is 24.1. The summed E-state index contributed by atoms with van der Waals surface area (Å²) in [6.07, 6.45) is -4.48. The summed E-state index contributed by atoms with van der Waals surface area (Å²) in [5.74, 6) is -1.50. The monoisotopic (exact) mass is 463 g/mol. The molecule has 7 nitrogen and oxygen atoms in total. The summed E-state index contributed by atoms with van der Waals surface area (Å²) < 4.78 is 44.2. The molecule has 0 aliphatic carbocycles. The van der Waals surface area contributed by atoms with Crippen molar-refractivity contribution in [2.45, 2.75) is 44.1 Å². The Labute approximate surface area is 188 Å². The second-order valence-electron chi connectivity index (χ2n) is 7.76. The van der Waals surface area contributed by atoms with Gasteiger partial charge >= 0.3 is 12.3 Å². The summed E-state index contributed by atoms with van der Waals surface area (Å²) in [4.78, 5) is 38.5. The molecular formula is C23H24F3N3O4. The lowest BCUT2D eigenvalue weighted by molar-refractivity contribution is -0.137. The molecule has 33 heavy (non-hydrogen) atoms. The number of nitrogens with two attached hydrogens (primary N) is 1. The molecule has 2 aromatic rings. The van der Waals surface area contributed by atoms with Crippen molar-refractivity contribution in [3.05, 3.63) is 71.3 Å². The molecule has 1 fully saturated rings. The molecule has 1 heterocycles. The van der Waals surface area contributed by atoms with Gasteiger partial charge in [-0.3, -0.25) is 14.5 Å². The molecule has 0 aromatic heterocycles. The number of carbonyl (C=O) groups is 3. The van der Waals surface area contributed by atoms with Crippen LogP contribution in [0.3, 0.4) is 0 Å². The number of primary amides is 1. The van der Waals surface area contributed by atoms with E-state index in [0.29, 0.717) is 19.4 Å². The van der Waals surface area contributed by atoms with Gasteiger partial charge < -0.3 is 15.8 Å². The number of rotatable bonds is 7. The van der Waals surface area contributed by atoms with Crippen LogP contribution in [0.25, 0.3) is 0 Å². The number of likely N-dealkylation sites (tertiary alicyclic amines) is 1. The van der Waals surface area contributed by atoms with E-state index < -0.39 is 41.7 Å². The van der Waals surface area contributed by atoms with E-state index in [1.807, 2.05) is 18.2 Å². The molecule has 0 saturated carbocycles. The zero-order valence-corrected chi connectivity index (χ0v) is 17.7. The molecule has 1 aliphatic rings. The summed E-state index contributed by atoms with van der Waals surface area (Å²) in [5.41, 5.74) is 5.50. The third kappa shape index (κ3) is 6.47. The highest BCUT2D eigenvalue weighted by molar-refractivity contribution is 5.91. The molecule has 176 valence electrons. The van der Waals surface area contributed by atoms with Crippen molar-refractivity contribution in [3.8, 4) is 0 Å². The molecule has 0 radical (unpaired) electrons. The average molecular weight is 463 g/mol. The van der Waals surface area contributed by atoms with E-state index in [-0.39, 0.29) is 18.6 Å². The minimum Gasteiger partial charge on any atom is -0.445 e. The second-order valence-corrected chi connectivity index (χ2v) is 7.76. The van der Waals surface area contributed by atoms with E-state index in [4.69, 9.17) is 10.5 Å². The molecular weight excluding hydrogens is 439 g/mol. The van der Waals surface area contributed by atoms with E-state index in [1.165, 1.54) is 17.0 Å². The number of nitrogens with zero attached hydrogens (tertiary/aromatic N) is 1. The van der Waals surface area contributed by atoms with Gasteiger partial charge in [-0.05, 0) is 30.0 Å². The third-order valence-electron chi connectivity index (χ3n) is 5.35. The SMILES string of the molecule is NC(=O)[C@H](Cc1cccc(C(F)(F)F)c1)NC(=O)[C@H]1CCCN1C(=O)OCc1ccccc1. The van der Waals surface area contributed by atoms with E-state index in [0.717, 1.165) is 17.7 Å². The second kappa shape index (κ2) is 10.4. The van der Waals surface area contributed by atoms with Gasteiger partial charge in [0.05, 0.1) is 5.56 Å². The summed E-state index contributed by atoms with van der Waals surface area (Å²) in [7, 11) is 0. The number of hydrogen-bond acceptors (Lipinski definition) is 4. The highest BCUT2D eigenvalue weighted by Crippen LogP contribution is 2.29. The Hall–Kier alpha value is -3.56. The van der Waals surface area contributed by atoms with Gasteiger partial charge in [0.2, 0.25) is 11.8 Å². The van der Waals surface area contributed by atoms with Crippen molar-refractivity contribution in [2.75, 3.05) is 6.54 Å². The number of nitrogens with one attached hydrogen (secondary N) is 1. The van der Waals surface area contributed by atoms with Crippen molar-refractivity contribution in [1.29, 1.82) is 0 Å². The van der Waals surface area contributed by atoms with E-state index in [9.17, 15) is 27.6 Å². The van der Waals surface area contributed by atoms with Crippen LogP contribution in [0.1, 0.15) is 29.5 Å². The molecule has 0 spiro atoms. The number of ether oxygens (including phenoxy) is 1. The lowest BCUT2D eigenvalue weighted by atomic mass is 10.0. The maximum atomic E-state index is 13.0. The van der Waals surface area contributed by atoms with Crippen LogP contribution in [-0.2, 0) is 33.5 Å². The van der Waals surface area contributed by atoms with Gasteiger partial charge in [0, 0.05) is 13.0 Å². The summed E-state index contributed by atoms with van der Waals surface area (Å²) in [6, 6.07) is 11.4. The Bertz CT molecular complexity index is 998. The van der Waals surface area contributed by atoms with Gasteiger partial charge in [0.25, 0.3) is 0 Å². The zero-order valence-electron chi connectivity index (χ0n) is 17.7. The van der Waals surface area contributed by atoms with E-state index >= 15 is 0 Å². The Kier molecular flexibility index (Phi) is 7.57. The van der Waals surface area contributed by atoms with Crippen LogP contribution in [0.4, 0.5) is 18.0 Å². The number of hydrogen-bond donors (Lipinski definition) is 2. The van der Waals surface area contributed by atoms with Crippen LogP contribution in [0.2, 0.25) is 0 Å². The minimum absolute atomic E-state index is 0.0456. The standard InChI is InChI=1S/C23H24F3N3O4/c24-23(25,26)17-9-4-8-16(12-17)13-18(20(27)30)28-21(31)19-10-5-11-29(19)22(32)33-14-15-6-2-1-3-7-15/h1-4,6-9,12,18-19H,5,10-11,13-14H2,(H2,27,30)(H,28,31)/t18-,19+/m0/s1. The van der Waals surface area contributed by atoms with E-state index in [2.05, 4.69) is 5.32 Å². The summed E-state index contributed by atoms with van der Waals surface area (Å²) >= 11 is 0. The van der Waals surface area contributed by atoms with Gasteiger partial charge in [0.15, 0.2) is 0 Å². The van der Waals surface area contributed by atoms with Crippen LogP contribution < -0.4 is 11.1 Å². The van der Waals surface area contributed by atoms with Crippen LogP contribution in [0, 0.1) is 0 Å². The maximum Gasteiger partial charge on any atom is 0.416 e. The van der Waals surface area contributed by atoms with Gasteiger partial charge in [-0.1, -0.05) is 48.5 Å². The summed E-state index contributed by atoms with van der Waals surface area (Å²) in [5, 5.41) is 2.48. The molecule has 1 saturated heterocycles. The molecule has 3 amide bonds. The first-order valence-electron chi connectivity index (χ1n) is 10.4. The lowest BCUT2D eigenvalue weighted by Crippen LogP contribution is -2.53. The van der Waals surface area contributed by atoms with Crippen LogP contribution in [0.5, 0.6) is 0 Å². The zero-order chi connectivity index (χ0) is 24.0. The fourth-order valence-corrected chi connectivity index (χ4v) is 3.66. The fraction of sp³-hybridized carbons (Fsp3) is 0.348. The predicted octanol–water partition coefficient (Wildman–Crippen LogP) is 3.02. The number of halogens is 3. The predicted molar refractivity (Wildman–Crippen MR) is 113 cm³/mol. The van der Waals surface area contributed by atoms with E-state index in [1.54, 1.807) is 12.1 Å². The summed E-state index contributed by atoms with van der Waals surface area (Å²) in [6.45, 7) is 0.352. The Morgan fingerprint density at radius 3 is 2.45 bits per heavy atom. The van der Waals surface area contributed by atoms with Crippen molar-refractivity contribution < 1.29 is 32.3 Å². The molecule has 3 N–H and O–H groups in total. The smallest absolute Gasteiger partial charge is 0.416 e. The highest BCUT2D eigenvalue weighted by atomic mass is 19.4. The topological polar surface area (TPSA) is 102 Å². The number of benzene rings is 2.